The second kappa shape index (κ2) is 4.61. The highest BCUT2D eigenvalue weighted by Crippen LogP contribution is 2.60. The summed E-state index contributed by atoms with van der Waals surface area (Å²) in [5.41, 5.74) is 2.67. The molecule has 0 aliphatic heterocycles. The average Bonchev–Trinajstić information content (AvgIpc) is 2.49. The van der Waals surface area contributed by atoms with E-state index in [1.165, 1.54) is 44.1 Å². The van der Waals surface area contributed by atoms with Crippen LogP contribution >= 0.6 is 0 Å². The predicted molar refractivity (Wildman–Crippen MR) is 80.1 cm³/mol. The zero-order valence-corrected chi connectivity index (χ0v) is 12.5. The highest BCUT2D eigenvalue weighted by Gasteiger charge is 2.50. The molecule has 1 aromatic rings. The third-order valence-corrected chi connectivity index (χ3v) is 6.27. The standard InChI is InChI=1S/C18H24O2/c1-13(2)17-7-10-18(11-8-17,12-9-17)15-5-3-14(4-6-15)16(19)20/h3-6,13H,7-12H2,1-2H3,(H,19,20). The van der Waals surface area contributed by atoms with E-state index in [0.717, 1.165) is 5.92 Å². The number of carboxylic acid groups (broad SMARTS) is 1. The molecule has 0 heterocycles. The van der Waals surface area contributed by atoms with E-state index in [4.69, 9.17) is 5.11 Å². The maximum atomic E-state index is 11.0. The summed E-state index contributed by atoms with van der Waals surface area (Å²) >= 11 is 0. The van der Waals surface area contributed by atoms with Gasteiger partial charge in [0.15, 0.2) is 0 Å². The Hall–Kier alpha value is -1.31. The van der Waals surface area contributed by atoms with Gasteiger partial charge in [0.1, 0.15) is 0 Å². The summed E-state index contributed by atoms with van der Waals surface area (Å²) in [6.07, 6.45) is 7.84. The first-order valence-electron chi connectivity index (χ1n) is 7.81. The Bertz CT molecular complexity index is 488. The molecule has 3 aliphatic rings. The van der Waals surface area contributed by atoms with E-state index in [-0.39, 0.29) is 0 Å². The molecule has 0 saturated heterocycles. The van der Waals surface area contributed by atoms with E-state index in [9.17, 15) is 4.79 Å². The largest absolute Gasteiger partial charge is 0.478 e. The fourth-order valence-corrected chi connectivity index (χ4v) is 4.48. The predicted octanol–water partition coefficient (Wildman–Crippen LogP) is 4.63. The highest BCUT2D eigenvalue weighted by molar-refractivity contribution is 5.87. The van der Waals surface area contributed by atoms with Gasteiger partial charge in [0, 0.05) is 0 Å². The number of hydrogen-bond donors (Lipinski definition) is 1. The van der Waals surface area contributed by atoms with Crippen molar-refractivity contribution in [1.82, 2.24) is 0 Å². The van der Waals surface area contributed by atoms with E-state index in [2.05, 4.69) is 26.0 Å². The molecule has 0 spiro atoms. The summed E-state index contributed by atoms with van der Waals surface area (Å²) < 4.78 is 0. The van der Waals surface area contributed by atoms with Gasteiger partial charge in [-0.25, -0.2) is 4.79 Å². The van der Waals surface area contributed by atoms with Gasteiger partial charge in [0.05, 0.1) is 5.56 Å². The number of carboxylic acids is 1. The van der Waals surface area contributed by atoms with E-state index < -0.39 is 5.97 Å². The lowest BCUT2D eigenvalue weighted by molar-refractivity contribution is 0.00185. The summed E-state index contributed by atoms with van der Waals surface area (Å²) in [5.74, 6) is -0.0460. The van der Waals surface area contributed by atoms with Crippen molar-refractivity contribution >= 4 is 5.97 Å². The van der Waals surface area contributed by atoms with Gasteiger partial charge in [-0.1, -0.05) is 26.0 Å². The van der Waals surface area contributed by atoms with Gasteiger partial charge in [0.25, 0.3) is 0 Å². The smallest absolute Gasteiger partial charge is 0.335 e. The molecule has 0 atom stereocenters. The summed E-state index contributed by atoms with van der Waals surface area (Å²) in [5, 5.41) is 9.01. The van der Waals surface area contributed by atoms with Gasteiger partial charge in [-0.05, 0) is 73.0 Å². The maximum Gasteiger partial charge on any atom is 0.335 e. The van der Waals surface area contributed by atoms with Crippen LogP contribution in [0.3, 0.4) is 0 Å². The minimum absolute atomic E-state index is 0.327. The van der Waals surface area contributed by atoms with Crippen molar-refractivity contribution in [3.05, 3.63) is 35.4 Å². The van der Waals surface area contributed by atoms with Crippen molar-refractivity contribution < 1.29 is 9.90 Å². The quantitative estimate of drug-likeness (QED) is 0.870. The van der Waals surface area contributed by atoms with Crippen LogP contribution in [0.2, 0.25) is 0 Å². The lowest BCUT2D eigenvalue weighted by Crippen LogP contribution is -2.46. The van der Waals surface area contributed by atoms with Crippen molar-refractivity contribution in [2.45, 2.75) is 57.8 Å². The van der Waals surface area contributed by atoms with Crippen LogP contribution in [0.4, 0.5) is 0 Å². The van der Waals surface area contributed by atoms with Crippen LogP contribution in [-0.4, -0.2) is 11.1 Å². The molecule has 3 aliphatic carbocycles. The third-order valence-electron chi connectivity index (χ3n) is 6.27. The molecule has 2 nitrogen and oxygen atoms in total. The third kappa shape index (κ3) is 1.97. The second-order valence-electron chi connectivity index (χ2n) is 7.18. The highest BCUT2D eigenvalue weighted by atomic mass is 16.4. The molecule has 0 amide bonds. The normalized spacial score (nSPS) is 32.5. The van der Waals surface area contributed by atoms with Crippen LogP contribution in [-0.2, 0) is 5.41 Å². The first kappa shape index (κ1) is 13.7. The number of benzene rings is 1. The van der Waals surface area contributed by atoms with Gasteiger partial charge in [-0.15, -0.1) is 0 Å². The van der Waals surface area contributed by atoms with E-state index in [1.807, 2.05) is 0 Å². The molecule has 2 bridgehead atoms. The van der Waals surface area contributed by atoms with Crippen LogP contribution in [0.5, 0.6) is 0 Å². The number of hydrogen-bond acceptors (Lipinski definition) is 1. The zero-order valence-electron chi connectivity index (χ0n) is 12.5. The Morgan fingerprint density at radius 3 is 1.90 bits per heavy atom. The Kier molecular flexibility index (Phi) is 3.15. The molecule has 108 valence electrons. The van der Waals surface area contributed by atoms with Crippen LogP contribution in [0.25, 0.3) is 0 Å². The molecular weight excluding hydrogens is 248 g/mol. The van der Waals surface area contributed by atoms with Crippen molar-refractivity contribution in [1.29, 1.82) is 0 Å². The van der Waals surface area contributed by atoms with Gasteiger partial charge in [-0.2, -0.15) is 0 Å². The Balaban J connectivity index is 1.84. The van der Waals surface area contributed by atoms with Crippen LogP contribution < -0.4 is 0 Å². The van der Waals surface area contributed by atoms with Crippen LogP contribution in [0.15, 0.2) is 24.3 Å². The summed E-state index contributed by atoms with van der Waals surface area (Å²) in [6.45, 7) is 4.75. The first-order chi connectivity index (χ1) is 9.47. The molecule has 1 aromatic carbocycles. The van der Waals surface area contributed by atoms with Crippen molar-refractivity contribution in [2.75, 3.05) is 0 Å². The molecule has 0 aromatic heterocycles. The van der Waals surface area contributed by atoms with Gasteiger partial charge in [-0.3, -0.25) is 0 Å². The number of carbonyl (C=O) groups is 1. The maximum absolute atomic E-state index is 11.0. The molecule has 1 N–H and O–H groups in total. The molecule has 4 rings (SSSR count). The van der Waals surface area contributed by atoms with Gasteiger partial charge < -0.3 is 5.11 Å². The average molecular weight is 272 g/mol. The summed E-state index contributed by atoms with van der Waals surface area (Å²) in [6, 6.07) is 7.64. The molecule has 2 heteroatoms. The minimum atomic E-state index is -0.833. The summed E-state index contributed by atoms with van der Waals surface area (Å²) in [4.78, 5) is 11.0. The Morgan fingerprint density at radius 2 is 1.50 bits per heavy atom. The topological polar surface area (TPSA) is 37.3 Å². The number of rotatable bonds is 3. The minimum Gasteiger partial charge on any atom is -0.478 e. The Morgan fingerprint density at radius 1 is 1.00 bits per heavy atom. The van der Waals surface area contributed by atoms with Crippen molar-refractivity contribution in [3.8, 4) is 0 Å². The fourth-order valence-electron chi connectivity index (χ4n) is 4.48. The van der Waals surface area contributed by atoms with E-state index >= 15 is 0 Å². The summed E-state index contributed by atoms with van der Waals surface area (Å²) in [7, 11) is 0. The second-order valence-corrected chi connectivity index (χ2v) is 7.18. The zero-order chi connectivity index (χ0) is 14.4. The van der Waals surface area contributed by atoms with E-state index in [0.29, 0.717) is 16.4 Å². The van der Waals surface area contributed by atoms with E-state index in [1.54, 1.807) is 12.1 Å². The molecule has 0 radical (unpaired) electrons. The lowest BCUT2D eigenvalue weighted by Gasteiger charge is -2.56. The fraction of sp³-hybridized carbons (Fsp3) is 0.611. The van der Waals surface area contributed by atoms with Crippen LogP contribution in [0.1, 0.15) is 68.3 Å². The van der Waals surface area contributed by atoms with Crippen molar-refractivity contribution in [3.63, 3.8) is 0 Å². The van der Waals surface area contributed by atoms with Crippen LogP contribution in [0, 0.1) is 11.3 Å². The first-order valence-corrected chi connectivity index (χ1v) is 7.81. The molecule has 3 fully saturated rings. The number of fused-ring (bicyclic) bond motifs is 3. The Labute approximate surface area is 121 Å². The SMILES string of the molecule is CC(C)C12CCC(c3ccc(C(=O)O)cc3)(CC1)CC2. The molecule has 0 unspecified atom stereocenters. The molecular formula is C18H24O2. The monoisotopic (exact) mass is 272 g/mol. The van der Waals surface area contributed by atoms with Crippen molar-refractivity contribution in [2.24, 2.45) is 11.3 Å². The number of aromatic carboxylic acids is 1. The van der Waals surface area contributed by atoms with Gasteiger partial charge >= 0.3 is 5.97 Å². The lowest BCUT2D eigenvalue weighted by atomic mass is 9.49. The molecule has 3 saturated carbocycles. The molecule has 20 heavy (non-hydrogen) atoms. The van der Waals surface area contributed by atoms with Gasteiger partial charge in [0.2, 0.25) is 0 Å².